The highest BCUT2D eigenvalue weighted by atomic mass is 32.1. The van der Waals surface area contributed by atoms with Crippen molar-refractivity contribution in [2.75, 3.05) is 6.54 Å². The molecule has 9 heteroatoms. The summed E-state index contributed by atoms with van der Waals surface area (Å²) in [5.41, 5.74) is 3.15. The minimum absolute atomic E-state index is 0.0135. The number of thiophene rings is 1. The van der Waals surface area contributed by atoms with Crippen molar-refractivity contribution in [1.82, 2.24) is 29.5 Å². The van der Waals surface area contributed by atoms with Crippen LogP contribution in [0, 0.1) is 0 Å². The van der Waals surface area contributed by atoms with Gasteiger partial charge < -0.3 is 10.3 Å². The van der Waals surface area contributed by atoms with Gasteiger partial charge in [-0.15, -0.1) is 21.5 Å². The van der Waals surface area contributed by atoms with Crippen molar-refractivity contribution >= 4 is 44.1 Å². The largest absolute Gasteiger partial charge is 0.361 e. The van der Waals surface area contributed by atoms with Crippen LogP contribution in [0.4, 0.5) is 0 Å². The van der Waals surface area contributed by atoms with E-state index >= 15 is 0 Å². The van der Waals surface area contributed by atoms with Gasteiger partial charge in [-0.1, -0.05) is 25.1 Å². The van der Waals surface area contributed by atoms with E-state index in [1.165, 1.54) is 22.3 Å². The molecule has 0 radical (unpaired) electrons. The summed E-state index contributed by atoms with van der Waals surface area (Å²) in [5, 5.41) is 14.9. The van der Waals surface area contributed by atoms with Crippen LogP contribution in [0.3, 0.4) is 0 Å². The number of carbonyl (C=O) groups excluding carboxylic acids is 1. The predicted octanol–water partition coefficient (Wildman–Crippen LogP) is 4.24. The van der Waals surface area contributed by atoms with Crippen molar-refractivity contribution < 1.29 is 4.79 Å². The van der Waals surface area contributed by atoms with Gasteiger partial charge in [-0.2, -0.15) is 0 Å². The summed E-state index contributed by atoms with van der Waals surface area (Å²) in [6.45, 7) is 4.68. The van der Waals surface area contributed by atoms with Crippen molar-refractivity contribution in [1.29, 1.82) is 0 Å². The second kappa shape index (κ2) is 9.42. The maximum absolute atomic E-state index is 13.0. The van der Waals surface area contributed by atoms with Crippen LogP contribution in [0.25, 0.3) is 26.9 Å². The van der Waals surface area contributed by atoms with E-state index in [0.29, 0.717) is 36.3 Å². The average Bonchev–Trinajstić information content (AvgIpc) is 3.58. The second-order valence-corrected chi connectivity index (χ2v) is 9.55. The zero-order valence-corrected chi connectivity index (χ0v) is 20.2. The van der Waals surface area contributed by atoms with E-state index in [4.69, 9.17) is 0 Å². The Morgan fingerprint density at radius 2 is 2.06 bits per heavy atom. The third kappa shape index (κ3) is 4.00. The van der Waals surface area contributed by atoms with Crippen LogP contribution in [0.15, 0.2) is 46.7 Å². The minimum atomic E-state index is -0.0135. The first-order chi connectivity index (χ1) is 16.6. The van der Waals surface area contributed by atoms with E-state index in [0.717, 1.165) is 29.7 Å². The number of hydrogen-bond donors (Lipinski definition) is 2. The van der Waals surface area contributed by atoms with Gasteiger partial charge in [0.1, 0.15) is 10.5 Å². The van der Waals surface area contributed by atoms with Gasteiger partial charge >= 0.3 is 0 Å². The Kier molecular flexibility index (Phi) is 6.19. The molecule has 1 amide bonds. The van der Waals surface area contributed by atoms with Crippen molar-refractivity contribution in [3.8, 4) is 0 Å². The van der Waals surface area contributed by atoms with Gasteiger partial charge in [-0.05, 0) is 49.3 Å². The lowest BCUT2D eigenvalue weighted by Gasteiger charge is -2.14. The van der Waals surface area contributed by atoms with E-state index < -0.39 is 0 Å². The fraction of sp³-hybridized carbons (Fsp3) is 0.360. The Labute approximate surface area is 200 Å². The number of H-pyrrole nitrogens is 1. The Bertz CT molecular complexity index is 1530. The maximum atomic E-state index is 13.0. The third-order valence-electron chi connectivity index (χ3n) is 6.45. The van der Waals surface area contributed by atoms with Gasteiger partial charge in [0, 0.05) is 42.5 Å². The number of aromatic nitrogens is 5. The van der Waals surface area contributed by atoms with Crippen LogP contribution in [0.2, 0.25) is 0 Å². The van der Waals surface area contributed by atoms with Gasteiger partial charge in [0.15, 0.2) is 0 Å². The average molecular weight is 477 g/mol. The molecule has 8 nitrogen and oxygen atoms in total. The van der Waals surface area contributed by atoms with Gasteiger partial charge in [0.25, 0.3) is 5.56 Å². The van der Waals surface area contributed by atoms with Crippen LogP contribution in [0.1, 0.15) is 50.5 Å². The number of carbonyl (C=O) groups is 1. The van der Waals surface area contributed by atoms with Gasteiger partial charge in [-0.25, -0.2) is 0 Å². The molecule has 0 bridgehead atoms. The summed E-state index contributed by atoms with van der Waals surface area (Å²) < 4.78 is 4.44. The summed E-state index contributed by atoms with van der Waals surface area (Å²) in [7, 11) is 0. The summed E-state index contributed by atoms with van der Waals surface area (Å²) in [5.74, 6) is 1.39. The SMILES string of the molecule is CC[C@H](C)n1c(=O)c2sccc2n2c(CCCC(=O)NCCc3c[nH]c4ccccc34)nnc12. The summed E-state index contributed by atoms with van der Waals surface area (Å²) in [4.78, 5) is 28.7. The molecule has 5 rings (SSSR count). The minimum Gasteiger partial charge on any atom is -0.361 e. The number of para-hydroxylation sites is 1. The lowest BCUT2D eigenvalue weighted by Crippen LogP contribution is -2.26. The quantitative estimate of drug-likeness (QED) is 0.333. The number of rotatable bonds is 9. The zero-order chi connectivity index (χ0) is 23.7. The van der Waals surface area contributed by atoms with Crippen molar-refractivity contribution in [3.63, 3.8) is 0 Å². The zero-order valence-electron chi connectivity index (χ0n) is 19.4. The Balaban J connectivity index is 1.23. The molecule has 2 N–H and O–H groups in total. The molecule has 0 unspecified atom stereocenters. The summed E-state index contributed by atoms with van der Waals surface area (Å²) >= 11 is 1.44. The van der Waals surface area contributed by atoms with Crippen LogP contribution in [-0.2, 0) is 17.6 Å². The number of hydrogen-bond acceptors (Lipinski definition) is 5. The number of benzene rings is 1. The molecule has 0 saturated carbocycles. The first-order valence-corrected chi connectivity index (χ1v) is 12.6. The number of nitrogens with zero attached hydrogens (tertiary/aromatic N) is 4. The van der Waals surface area contributed by atoms with Crippen molar-refractivity contribution in [2.45, 2.75) is 52.0 Å². The number of nitrogens with one attached hydrogen (secondary N) is 2. The topological polar surface area (TPSA) is 97.1 Å². The highest BCUT2D eigenvalue weighted by Gasteiger charge is 2.20. The number of amides is 1. The normalized spacial score (nSPS) is 12.6. The number of fused-ring (bicyclic) bond motifs is 4. The lowest BCUT2D eigenvalue weighted by molar-refractivity contribution is -0.121. The molecule has 34 heavy (non-hydrogen) atoms. The van der Waals surface area contributed by atoms with E-state index in [1.54, 1.807) is 4.57 Å². The summed E-state index contributed by atoms with van der Waals surface area (Å²) in [6, 6.07) is 10.2. The predicted molar refractivity (Wildman–Crippen MR) is 136 cm³/mol. The van der Waals surface area contributed by atoms with E-state index in [-0.39, 0.29) is 17.5 Å². The van der Waals surface area contributed by atoms with Gasteiger partial charge in [0.05, 0.1) is 5.52 Å². The van der Waals surface area contributed by atoms with Gasteiger partial charge in [0.2, 0.25) is 11.7 Å². The highest BCUT2D eigenvalue weighted by molar-refractivity contribution is 7.17. The fourth-order valence-corrected chi connectivity index (χ4v) is 5.27. The molecule has 5 aromatic rings. The van der Waals surface area contributed by atoms with E-state index in [2.05, 4.69) is 39.6 Å². The van der Waals surface area contributed by atoms with E-state index in [1.807, 2.05) is 41.1 Å². The molecule has 4 heterocycles. The lowest BCUT2D eigenvalue weighted by atomic mass is 10.1. The number of aromatic amines is 1. The molecule has 0 spiro atoms. The van der Waals surface area contributed by atoms with Crippen LogP contribution < -0.4 is 10.9 Å². The highest BCUT2D eigenvalue weighted by Crippen LogP contribution is 2.23. The van der Waals surface area contributed by atoms with Gasteiger partial charge in [-0.3, -0.25) is 18.6 Å². The molecule has 4 aromatic heterocycles. The Morgan fingerprint density at radius 1 is 1.21 bits per heavy atom. The molecular weight excluding hydrogens is 448 g/mol. The number of aryl methyl sites for hydroxylation is 1. The van der Waals surface area contributed by atoms with E-state index in [9.17, 15) is 9.59 Å². The molecule has 0 aliphatic carbocycles. The second-order valence-electron chi connectivity index (χ2n) is 8.63. The van der Waals surface area contributed by atoms with Crippen molar-refractivity contribution in [3.05, 3.63) is 63.7 Å². The first kappa shape index (κ1) is 22.3. The molecule has 0 fully saturated rings. The molecular formula is C25H28N6O2S. The molecule has 176 valence electrons. The standard InChI is InChI=1S/C25H28N6O2S/c1-3-16(2)30-24(33)23-20(12-14-34-23)31-21(28-29-25(30)31)9-6-10-22(32)26-13-11-17-15-27-19-8-5-4-7-18(17)19/h4-5,7-8,12,14-16,27H,3,6,9-11,13H2,1-2H3,(H,26,32)/t16-/m0/s1. The molecule has 1 atom stereocenters. The third-order valence-corrected chi connectivity index (χ3v) is 7.35. The van der Waals surface area contributed by atoms with Crippen LogP contribution in [-0.4, -0.2) is 36.6 Å². The summed E-state index contributed by atoms with van der Waals surface area (Å²) in [6.07, 6.45) is 5.31. The molecule has 0 aliphatic rings. The molecule has 0 saturated heterocycles. The van der Waals surface area contributed by atoms with Crippen LogP contribution >= 0.6 is 11.3 Å². The fourth-order valence-electron chi connectivity index (χ4n) is 4.46. The smallest absolute Gasteiger partial charge is 0.273 e. The van der Waals surface area contributed by atoms with Crippen LogP contribution in [0.5, 0.6) is 0 Å². The molecule has 1 aromatic carbocycles. The maximum Gasteiger partial charge on any atom is 0.273 e. The monoisotopic (exact) mass is 476 g/mol. The van der Waals surface area contributed by atoms with Crippen molar-refractivity contribution in [2.24, 2.45) is 0 Å². The Morgan fingerprint density at radius 3 is 2.91 bits per heavy atom. The molecule has 0 aliphatic heterocycles. The Hall–Kier alpha value is -3.46. The first-order valence-electron chi connectivity index (χ1n) is 11.8.